The molecule has 202 valence electrons. The Bertz CT molecular complexity index is 1570. The van der Waals surface area contributed by atoms with Crippen LogP contribution in [0.3, 0.4) is 0 Å². The molecule has 2 aromatic heterocycles. The highest BCUT2D eigenvalue weighted by atomic mass is 16.6. The predicted molar refractivity (Wildman–Crippen MR) is 148 cm³/mol. The van der Waals surface area contributed by atoms with Crippen molar-refractivity contribution in [1.82, 2.24) is 19.4 Å². The lowest BCUT2D eigenvalue weighted by Crippen LogP contribution is -2.34. The molecule has 2 N–H and O–H groups in total. The second kappa shape index (κ2) is 10.5. The first-order chi connectivity index (χ1) is 18.8. The number of carbonyl (C=O) groups is 1. The lowest BCUT2D eigenvalue weighted by Gasteiger charge is -2.23. The molecule has 5 rings (SSSR count). The summed E-state index contributed by atoms with van der Waals surface area (Å²) in [5, 5.41) is 25.3. The summed E-state index contributed by atoms with van der Waals surface area (Å²) in [5.41, 5.74) is 4.77. The van der Waals surface area contributed by atoms with Crippen LogP contribution in [0.25, 0.3) is 22.2 Å². The molecule has 0 fully saturated rings. The summed E-state index contributed by atoms with van der Waals surface area (Å²) in [6.07, 6.45) is 4.85. The number of amides is 1. The molecule has 39 heavy (non-hydrogen) atoms. The van der Waals surface area contributed by atoms with Crippen LogP contribution in [-0.4, -0.2) is 69.9 Å². The van der Waals surface area contributed by atoms with Gasteiger partial charge in [-0.1, -0.05) is 18.2 Å². The molecular weight excluding hydrogens is 502 g/mol. The van der Waals surface area contributed by atoms with Gasteiger partial charge in [0.25, 0.3) is 5.69 Å². The van der Waals surface area contributed by atoms with Crippen molar-refractivity contribution in [2.45, 2.75) is 19.4 Å². The number of nitrogens with zero attached hydrogens (tertiary/aromatic N) is 6. The van der Waals surface area contributed by atoms with E-state index < -0.39 is 11.0 Å². The van der Waals surface area contributed by atoms with Crippen molar-refractivity contribution >= 4 is 40.0 Å². The predicted octanol–water partition coefficient (Wildman–Crippen LogP) is 4.75. The van der Waals surface area contributed by atoms with Gasteiger partial charge in [-0.05, 0) is 24.5 Å². The molecule has 12 nitrogen and oxygen atoms in total. The molecule has 1 aliphatic rings. The van der Waals surface area contributed by atoms with E-state index in [1.165, 1.54) is 31.3 Å². The zero-order valence-corrected chi connectivity index (χ0v) is 21.9. The molecule has 0 atom stereocenters. The summed E-state index contributed by atoms with van der Waals surface area (Å²) in [5.74, 6) is 0.631. The minimum atomic E-state index is -1.07. The van der Waals surface area contributed by atoms with E-state index in [1.54, 1.807) is 24.2 Å². The number of nitro groups is 1. The summed E-state index contributed by atoms with van der Waals surface area (Å²) in [7, 11) is 4.58. The van der Waals surface area contributed by atoms with Gasteiger partial charge in [0.15, 0.2) is 0 Å². The molecule has 1 aliphatic heterocycles. The van der Waals surface area contributed by atoms with Gasteiger partial charge in [-0.2, -0.15) is 0 Å². The number of hydrogen-bond acceptors (Lipinski definition) is 8. The van der Waals surface area contributed by atoms with Gasteiger partial charge in [-0.3, -0.25) is 10.1 Å². The van der Waals surface area contributed by atoms with E-state index in [1.807, 2.05) is 6.07 Å². The number of carboxylic acid groups (broad SMARTS) is 1. The molecule has 2 aromatic carbocycles. The maximum absolute atomic E-state index is 12.0. The molecular formula is C27H29N7O5. The van der Waals surface area contributed by atoms with Crippen LogP contribution in [-0.2, 0) is 13.0 Å². The lowest BCUT2D eigenvalue weighted by molar-refractivity contribution is -0.384. The van der Waals surface area contributed by atoms with Crippen LogP contribution in [0.5, 0.6) is 5.75 Å². The minimum Gasteiger partial charge on any atom is -0.494 e. The highest BCUT2D eigenvalue weighted by Crippen LogP contribution is 2.39. The van der Waals surface area contributed by atoms with Crippen LogP contribution < -0.4 is 15.0 Å². The molecule has 4 aromatic rings. The fourth-order valence-corrected chi connectivity index (χ4v) is 4.94. The first kappa shape index (κ1) is 25.8. The SMILES string of the molecule is COc1cc(N(C)CCN(C)C(=O)O)c([N+](=O)[O-])cc1Nc1nccc(-c2cn3c4c(cccc24)CCC3)n1. The van der Waals surface area contributed by atoms with Crippen LogP contribution in [0.1, 0.15) is 12.0 Å². The zero-order chi connectivity index (χ0) is 27.7. The third kappa shape index (κ3) is 5.00. The average molecular weight is 532 g/mol. The van der Waals surface area contributed by atoms with Crippen LogP contribution >= 0.6 is 0 Å². The quantitative estimate of drug-likeness (QED) is 0.231. The fourth-order valence-electron chi connectivity index (χ4n) is 4.94. The topological polar surface area (TPSA) is 139 Å². The number of hydrogen-bond donors (Lipinski definition) is 2. The summed E-state index contributed by atoms with van der Waals surface area (Å²) >= 11 is 0. The van der Waals surface area contributed by atoms with Crippen molar-refractivity contribution < 1.29 is 19.6 Å². The number of nitro benzene ring substituents is 1. The number of para-hydroxylation sites is 1. The second-order valence-corrected chi connectivity index (χ2v) is 9.47. The van der Waals surface area contributed by atoms with Crippen molar-refractivity contribution in [2.24, 2.45) is 0 Å². The van der Waals surface area contributed by atoms with Crippen LogP contribution in [0.4, 0.5) is 27.8 Å². The molecule has 3 heterocycles. The molecule has 12 heteroatoms. The number of anilines is 3. The maximum atomic E-state index is 12.0. The van der Waals surface area contributed by atoms with Gasteiger partial charge in [0.2, 0.25) is 5.95 Å². The van der Waals surface area contributed by atoms with E-state index in [4.69, 9.17) is 14.8 Å². The van der Waals surface area contributed by atoms with Gasteiger partial charge in [-0.15, -0.1) is 0 Å². The number of aryl methyl sites for hydroxylation is 2. The summed E-state index contributed by atoms with van der Waals surface area (Å²) in [6.45, 7) is 1.38. The van der Waals surface area contributed by atoms with E-state index >= 15 is 0 Å². The number of rotatable bonds is 9. The monoisotopic (exact) mass is 531 g/mol. The van der Waals surface area contributed by atoms with Gasteiger partial charge < -0.3 is 29.5 Å². The first-order valence-electron chi connectivity index (χ1n) is 12.5. The van der Waals surface area contributed by atoms with Gasteiger partial charge >= 0.3 is 6.09 Å². The highest BCUT2D eigenvalue weighted by Gasteiger charge is 2.23. The Morgan fingerprint density at radius 1 is 1.26 bits per heavy atom. The number of aromatic nitrogens is 3. The Hall–Kier alpha value is -4.87. The van der Waals surface area contributed by atoms with Crippen molar-refractivity contribution in [3.63, 3.8) is 0 Å². The van der Waals surface area contributed by atoms with Crippen LogP contribution in [0.2, 0.25) is 0 Å². The molecule has 0 spiro atoms. The molecule has 0 bridgehead atoms. The number of methoxy groups -OCH3 is 1. The average Bonchev–Trinajstić information content (AvgIpc) is 3.32. The Balaban J connectivity index is 1.47. The van der Waals surface area contributed by atoms with Crippen LogP contribution in [0.15, 0.2) is 48.8 Å². The van der Waals surface area contributed by atoms with E-state index in [2.05, 4.69) is 39.3 Å². The largest absolute Gasteiger partial charge is 0.494 e. The Morgan fingerprint density at radius 2 is 2.08 bits per heavy atom. The van der Waals surface area contributed by atoms with Crippen molar-refractivity contribution in [3.05, 3.63) is 64.5 Å². The third-order valence-corrected chi connectivity index (χ3v) is 7.01. The zero-order valence-electron chi connectivity index (χ0n) is 21.9. The third-order valence-electron chi connectivity index (χ3n) is 7.01. The normalized spacial score (nSPS) is 12.3. The molecule has 1 amide bonds. The van der Waals surface area contributed by atoms with E-state index in [-0.39, 0.29) is 24.7 Å². The number of likely N-dealkylation sites (N-methyl/N-ethyl adjacent to an activating group) is 2. The van der Waals surface area contributed by atoms with Gasteiger partial charge in [0.1, 0.15) is 11.4 Å². The first-order valence-corrected chi connectivity index (χ1v) is 12.5. The molecule has 0 unspecified atom stereocenters. The summed E-state index contributed by atoms with van der Waals surface area (Å²) in [6, 6.07) is 11.1. The molecule has 0 saturated heterocycles. The smallest absolute Gasteiger partial charge is 0.407 e. The molecule has 0 aliphatic carbocycles. The summed E-state index contributed by atoms with van der Waals surface area (Å²) < 4.78 is 7.81. The van der Waals surface area contributed by atoms with Gasteiger partial charge in [0.05, 0.1) is 28.9 Å². The molecule has 0 radical (unpaired) electrons. The minimum absolute atomic E-state index is 0.163. The van der Waals surface area contributed by atoms with E-state index in [9.17, 15) is 14.9 Å². The van der Waals surface area contributed by atoms with Crippen molar-refractivity contribution in [2.75, 3.05) is 44.5 Å². The lowest BCUT2D eigenvalue weighted by atomic mass is 10.0. The highest BCUT2D eigenvalue weighted by molar-refractivity contribution is 5.97. The fraction of sp³-hybridized carbons (Fsp3) is 0.296. The van der Waals surface area contributed by atoms with E-state index in [0.29, 0.717) is 17.1 Å². The Morgan fingerprint density at radius 3 is 2.82 bits per heavy atom. The Kier molecular flexibility index (Phi) is 6.92. The van der Waals surface area contributed by atoms with Crippen molar-refractivity contribution in [3.8, 4) is 17.0 Å². The number of nitrogens with one attached hydrogen (secondary N) is 1. The Labute approximate surface area is 224 Å². The number of ether oxygens (including phenoxy) is 1. The summed E-state index contributed by atoms with van der Waals surface area (Å²) in [4.78, 5) is 34.4. The molecule has 0 saturated carbocycles. The van der Waals surface area contributed by atoms with Gasteiger partial charge in [0, 0.05) is 69.2 Å². The van der Waals surface area contributed by atoms with Crippen LogP contribution in [0, 0.1) is 10.1 Å². The van der Waals surface area contributed by atoms with E-state index in [0.717, 1.165) is 40.9 Å². The maximum Gasteiger partial charge on any atom is 0.407 e. The standard InChI is InChI=1S/C27H29N7O5/c1-31(12-13-32(2)27(35)36)22-15-24(39-3)21(14-23(22)34(37)38)30-26-28-10-9-20(29-26)19-16-33-11-5-7-17-6-4-8-18(19)25(17)33/h4,6,8-10,14-16H,5,7,11-13H2,1-3H3,(H,35,36)(H,28,29,30). The second-order valence-electron chi connectivity index (χ2n) is 9.47. The number of benzene rings is 2. The van der Waals surface area contributed by atoms with Gasteiger partial charge in [-0.25, -0.2) is 14.8 Å². The van der Waals surface area contributed by atoms with Crippen molar-refractivity contribution in [1.29, 1.82) is 0 Å².